The highest BCUT2D eigenvalue weighted by molar-refractivity contribution is 7.92. The van der Waals surface area contributed by atoms with Gasteiger partial charge in [-0.25, -0.2) is 8.42 Å². The highest BCUT2D eigenvalue weighted by atomic mass is 32.2. The lowest BCUT2D eigenvalue weighted by Crippen LogP contribution is -2.38. The van der Waals surface area contributed by atoms with Crippen LogP contribution in [-0.4, -0.2) is 46.4 Å². The molecule has 2 aromatic carbocycles. The zero-order chi connectivity index (χ0) is 22.7. The Kier molecular flexibility index (Phi) is 6.08. The third-order valence-corrected chi connectivity index (χ3v) is 7.01. The van der Waals surface area contributed by atoms with Crippen LogP contribution in [0.25, 0.3) is 0 Å². The minimum Gasteiger partial charge on any atom is -0.494 e. The molecule has 0 saturated carbocycles. The maximum Gasteiger partial charge on any atom is 0.313 e. The number of hydrogen-bond donors (Lipinski definition) is 2. The van der Waals surface area contributed by atoms with Crippen LogP contribution in [0.4, 0.5) is 11.4 Å². The molecule has 0 radical (unpaired) electrons. The highest BCUT2D eigenvalue weighted by Gasteiger charge is 2.28. The number of nitrogens with zero attached hydrogens (tertiary/aromatic N) is 1. The number of carbonyl (C=O) groups excluding carboxylic acids is 2. The molecule has 170 valence electrons. The number of fused-ring (bicyclic) bond motifs is 1. The number of amides is 2. The van der Waals surface area contributed by atoms with E-state index in [-0.39, 0.29) is 24.8 Å². The summed E-state index contributed by atoms with van der Waals surface area (Å²) in [6, 6.07) is 9.82. The first kappa shape index (κ1) is 21.8. The van der Waals surface area contributed by atoms with Crippen molar-refractivity contribution in [3.05, 3.63) is 42.0 Å². The predicted molar refractivity (Wildman–Crippen MR) is 116 cm³/mol. The van der Waals surface area contributed by atoms with Gasteiger partial charge in [0.15, 0.2) is 11.5 Å². The molecule has 1 fully saturated rings. The molecular weight excluding hydrogens is 438 g/mol. The molecule has 2 aliphatic rings. The van der Waals surface area contributed by atoms with Gasteiger partial charge in [-0.3, -0.25) is 13.9 Å². The molecule has 4 rings (SSSR count). The Morgan fingerprint density at radius 3 is 2.66 bits per heavy atom. The number of carbonyl (C=O) groups is 2. The van der Waals surface area contributed by atoms with E-state index in [2.05, 4.69) is 10.6 Å². The van der Waals surface area contributed by atoms with E-state index in [0.717, 1.165) is 12.0 Å². The molecule has 0 atom stereocenters. The van der Waals surface area contributed by atoms with Crippen LogP contribution in [0, 0.1) is 0 Å². The Morgan fingerprint density at radius 1 is 1.06 bits per heavy atom. The maximum absolute atomic E-state index is 12.4. The van der Waals surface area contributed by atoms with E-state index in [1.54, 1.807) is 24.3 Å². The molecule has 0 spiro atoms. The Balaban J connectivity index is 1.39. The average molecular weight is 461 g/mol. The van der Waals surface area contributed by atoms with Gasteiger partial charge in [0.1, 0.15) is 5.75 Å². The van der Waals surface area contributed by atoms with Crippen molar-refractivity contribution in [2.75, 3.05) is 35.8 Å². The van der Waals surface area contributed by atoms with Gasteiger partial charge in [-0.2, -0.15) is 0 Å². The zero-order valence-corrected chi connectivity index (χ0v) is 18.2. The quantitative estimate of drug-likeness (QED) is 0.649. The van der Waals surface area contributed by atoms with Gasteiger partial charge in [0, 0.05) is 24.8 Å². The minimum atomic E-state index is -3.41. The summed E-state index contributed by atoms with van der Waals surface area (Å²) in [4.78, 5) is 24.5. The van der Waals surface area contributed by atoms with Crippen LogP contribution in [-0.2, 0) is 26.2 Å². The number of ether oxygens (including phenoxy) is 3. The van der Waals surface area contributed by atoms with Crippen molar-refractivity contribution in [3.8, 4) is 17.2 Å². The van der Waals surface area contributed by atoms with Gasteiger partial charge in [-0.1, -0.05) is 6.07 Å². The van der Waals surface area contributed by atoms with E-state index >= 15 is 0 Å². The normalized spacial score (nSPS) is 16.3. The molecule has 32 heavy (non-hydrogen) atoms. The van der Waals surface area contributed by atoms with Gasteiger partial charge in [0.25, 0.3) is 0 Å². The number of methoxy groups -OCH3 is 1. The smallest absolute Gasteiger partial charge is 0.313 e. The molecule has 1 saturated heterocycles. The molecule has 0 aliphatic carbocycles. The first-order valence-corrected chi connectivity index (χ1v) is 11.6. The maximum atomic E-state index is 12.4. The van der Waals surface area contributed by atoms with Crippen molar-refractivity contribution < 1.29 is 32.2 Å². The summed E-state index contributed by atoms with van der Waals surface area (Å²) in [6.45, 7) is 0.657. The van der Waals surface area contributed by atoms with Crippen molar-refractivity contribution in [2.24, 2.45) is 0 Å². The molecule has 2 heterocycles. The topological polar surface area (TPSA) is 123 Å². The molecule has 0 bridgehead atoms. The Hall–Kier alpha value is -3.47. The van der Waals surface area contributed by atoms with Crippen molar-refractivity contribution in [1.82, 2.24) is 5.32 Å². The summed E-state index contributed by atoms with van der Waals surface area (Å²) < 4.78 is 42.0. The molecule has 2 amide bonds. The number of hydrogen-bond acceptors (Lipinski definition) is 7. The van der Waals surface area contributed by atoms with Crippen molar-refractivity contribution in [2.45, 2.75) is 19.4 Å². The highest BCUT2D eigenvalue weighted by Crippen LogP contribution is 2.35. The van der Waals surface area contributed by atoms with E-state index in [9.17, 15) is 18.0 Å². The number of nitrogens with one attached hydrogen (secondary N) is 2. The van der Waals surface area contributed by atoms with Crippen LogP contribution < -0.4 is 29.1 Å². The van der Waals surface area contributed by atoms with Crippen molar-refractivity contribution in [3.63, 3.8) is 0 Å². The third-order valence-electron chi connectivity index (χ3n) is 5.15. The van der Waals surface area contributed by atoms with E-state index in [0.29, 0.717) is 35.8 Å². The third kappa shape index (κ3) is 4.57. The molecule has 10 nitrogen and oxygen atoms in total. The second-order valence-corrected chi connectivity index (χ2v) is 9.32. The first-order chi connectivity index (χ1) is 15.4. The first-order valence-electron chi connectivity index (χ1n) is 10.0. The standard InChI is InChI=1S/C21H23N3O7S/c1-29-18-11-15(5-6-16(18)24-8-2-3-9-32(24,27)28)23-21(26)20(25)22-12-14-4-7-17-19(10-14)31-13-30-17/h4-7,10-11H,2-3,8-9,12-13H2,1H3,(H,22,25)(H,23,26). The summed E-state index contributed by atoms with van der Waals surface area (Å²) in [5, 5.41) is 5.05. The summed E-state index contributed by atoms with van der Waals surface area (Å²) in [6.07, 6.45) is 1.38. The second kappa shape index (κ2) is 8.95. The van der Waals surface area contributed by atoms with Crippen LogP contribution >= 0.6 is 0 Å². The van der Waals surface area contributed by atoms with Gasteiger partial charge in [-0.15, -0.1) is 0 Å². The molecule has 2 aliphatic heterocycles. The van der Waals surface area contributed by atoms with Crippen LogP contribution in [0.15, 0.2) is 36.4 Å². The van der Waals surface area contributed by atoms with Gasteiger partial charge in [0.05, 0.1) is 18.6 Å². The van der Waals surface area contributed by atoms with Crippen LogP contribution in [0.3, 0.4) is 0 Å². The zero-order valence-electron chi connectivity index (χ0n) is 17.4. The molecule has 0 aromatic heterocycles. The molecular formula is C21H23N3O7S. The predicted octanol–water partition coefficient (Wildman–Crippen LogP) is 1.61. The summed E-state index contributed by atoms with van der Waals surface area (Å²) in [5.74, 6) is -0.0840. The monoisotopic (exact) mass is 461 g/mol. The number of rotatable bonds is 5. The van der Waals surface area contributed by atoms with Gasteiger partial charge in [0.2, 0.25) is 16.8 Å². The van der Waals surface area contributed by atoms with Crippen LogP contribution in [0.2, 0.25) is 0 Å². The lowest BCUT2D eigenvalue weighted by Gasteiger charge is -2.29. The number of sulfonamides is 1. The van der Waals surface area contributed by atoms with Gasteiger partial charge >= 0.3 is 11.8 Å². The number of anilines is 2. The molecule has 2 N–H and O–H groups in total. The Bertz CT molecular complexity index is 1150. The lowest BCUT2D eigenvalue weighted by atomic mass is 10.2. The largest absolute Gasteiger partial charge is 0.494 e. The second-order valence-electron chi connectivity index (χ2n) is 7.31. The SMILES string of the molecule is COc1cc(NC(=O)C(=O)NCc2ccc3c(c2)OCO3)ccc1N1CCCCS1(=O)=O. The fourth-order valence-electron chi connectivity index (χ4n) is 3.52. The van der Waals surface area contributed by atoms with Gasteiger partial charge in [-0.05, 0) is 42.7 Å². The Morgan fingerprint density at radius 2 is 1.88 bits per heavy atom. The lowest BCUT2D eigenvalue weighted by molar-refractivity contribution is -0.136. The van der Waals surface area contributed by atoms with Crippen molar-refractivity contribution >= 4 is 33.2 Å². The molecule has 2 aromatic rings. The summed E-state index contributed by atoms with van der Waals surface area (Å²) in [7, 11) is -2.00. The van der Waals surface area contributed by atoms with E-state index < -0.39 is 21.8 Å². The van der Waals surface area contributed by atoms with E-state index in [1.165, 1.54) is 23.5 Å². The summed E-state index contributed by atoms with van der Waals surface area (Å²) >= 11 is 0. The molecule has 0 unspecified atom stereocenters. The van der Waals surface area contributed by atoms with Gasteiger partial charge < -0.3 is 24.8 Å². The summed E-state index contributed by atoms with van der Waals surface area (Å²) in [5.41, 5.74) is 1.46. The molecule has 11 heteroatoms. The number of benzene rings is 2. The van der Waals surface area contributed by atoms with Crippen molar-refractivity contribution in [1.29, 1.82) is 0 Å². The fourth-order valence-corrected chi connectivity index (χ4v) is 5.17. The van der Waals surface area contributed by atoms with Crippen LogP contribution in [0.5, 0.6) is 17.2 Å². The van der Waals surface area contributed by atoms with E-state index in [4.69, 9.17) is 14.2 Å². The minimum absolute atomic E-state index is 0.0815. The fraction of sp³-hybridized carbons (Fsp3) is 0.333. The Labute approximate surface area is 185 Å². The van der Waals surface area contributed by atoms with Crippen LogP contribution in [0.1, 0.15) is 18.4 Å². The average Bonchev–Trinajstić information content (AvgIpc) is 3.25. The van der Waals surface area contributed by atoms with E-state index in [1.807, 2.05) is 0 Å².